The molecule has 25 heteroatoms. The number of rotatable bonds is 23. The average Bonchev–Trinajstić information content (AvgIpc) is 4.09. The number of hydrogen-bond acceptors (Lipinski definition) is 16. The SMILES string of the molecule is CC(=O)c1cc(C(=O)NN(Cc2ccc(-c3cc(Cl)ccc3F)cc2)C[C@@H](O)C(=O)O)[nH]n1.COCCO.COCCOC(=O)[C@H](O)CN(Cc1ccc(-c2cc(Cl)ccc2F)cc1)NC(=O)c1cc(C(C)=O)n[nH]1. The molecule has 0 aliphatic carbocycles. The van der Waals surface area contributed by atoms with E-state index >= 15 is 0 Å². The number of carbonyl (C=O) groups is 6. The Morgan fingerprint density at radius 3 is 1.39 bits per heavy atom. The van der Waals surface area contributed by atoms with E-state index in [4.69, 9.17) is 42.9 Å². The van der Waals surface area contributed by atoms with E-state index in [1.807, 2.05) is 0 Å². The number of nitrogens with zero attached hydrogens (tertiary/aromatic N) is 4. The number of hydrazine groups is 2. The highest BCUT2D eigenvalue weighted by Crippen LogP contribution is 2.28. The summed E-state index contributed by atoms with van der Waals surface area (Å²) < 4.78 is 42.5. The minimum atomic E-state index is -1.76. The van der Waals surface area contributed by atoms with Crippen LogP contribution in [0.3, 0.4) is 0 Å². The summed E-state index contributed by atoms with van der Waals surface area (Å²) in [6.45, 7) is 2.67. The largest absolute Gasteiger partial charge is 0.479 e. The summed E-state index contributed by atoms with van der Waals surface area (Å²) in [5.74, 6) is -5.18. The van der Waals surface area contributed by atoms with E-state index < -0.39 is 54.1 Å². The summed E-state index contributed by atoms with van der Waals surface area (Å²) in [4.78, 5) is 71.4. The molecular formula is C50H54Cl2F2N8O13. The van der Waals surface area contributed by atoms with Crippen molar-refractivity contribution in [2.45, 2.75) is 39.1 Å². The Hall–Kier alpha value is -7.32. The molecule has 0 saturated carbocycles. The van der Waals surface area contributed by atoms with Gasteiger partial charge < -0.3 is 34.6 Å². The number of H-pyrrole nitrogens is 2. The third-order valence-electron chi connectivity index (χ3n) is 10.2. The summed E-state index contributed by atoms with van der Waals surface area (Å²) in [7, 11) is 3.00. The first-order chi connectivity index (χ1) is 35.7. The fourth-order valence-corrected chi connectivity index (χ4v) is 6.73. The first-order valence-corrected chi connectivity index (χ1v) is 23.2. The lowest BCUT2D eigenvalue weighted by molar-refractivity contribution is -0.156. The number of aliphatic carboxylic acids is 1. The molecule has 21 nitrogen and oxygen atoms in total. The highest BCUT2D eigenvalue weighted by molar-refractivity contribution is 6.31. The number of benzene rings is 4. The summed E-state index contributed by atoms with van der Waals surface area (Å²) in [6.07, 6.45) is -3.34. The molecule has 0 aliphatic heterocycles. The molecule has 2 amide bonds. The van der Waals surface area contributed by atoms with Gasteiger partial charge in [-0.25, -0.2) is 28.4 Å². The van der Waals surface area contributed by atoms with Crippen LogP contribution >= 0.6 is 23.2 Å². The number of hydrogen-bond donors (Lipinski definition) is 8. The molecule has 0 aliphatic rings. The van der Waals surface area contributed by atoms with Gasteiger partial charge in [-0.15, -0.1) is 0 Å². The van der Waals surface area contributed by atoms with E-state index in [1.165, 1.54) is 79.5 Å². The van der Waals surface area contributed by atoms with Crippen LogP contribution in [0.15, 0.2) is 97.1 Å². The molecule has 2 aromatic heterocycles. The van der Waals surface area contributed by atoms with Crippen LogP contribution in [0.4, 0.5) is 8.78 Å². The van der Waals surface area contributed by atoms with Gasteiger partial charge in [-0.3, -0.25) is 40.2 Å². The van der Waals surface area contributed by atoms with Gasteiger partial charge in [0.05, 0.1) is 32.9 Å². The molecular weight excluding hydrogens is 1030 g/mol. The van der Waals surface area contributed by atoms with Crippen molar-refractivity contribution in [3.8, 4) is 22.3 Å². The summed E-state index contributed by atoms with van der Waals surface area (Å²) >= 11 is 11.9. The second-order valence-electron chi connectivity index (χ2n) is 16.0. The van der Waals surface area contributed by atoms with Crippen LogP contribution < -0.4 is 10.9 Å². The normalized spacial score (nSPS) is 11.6. The lowest BCUT2D eigenvalue weighted by Crippen LogP contribution is -2.47. The van der Waals surface area contributed by atoms with Crippen molar-refractivity contribution in [1.82, 2.24) is 41.3 Å². The predicted molar refractivity (Wildman–Crippen MR) is 268 cm³/mol. The zero-order valence-electron chi connectivity index (χ0n) is 40.8. The van der Waals surface area contributed by atoms with E-state index in [9.17, 15) is 47.8 Å². The highest BCUT2D eigenvalue weighted by atomic mass is 35.5. The summed E-state index contributed by atoms with van der Waals surface area (Å²) in [5.41, 5.74) is 8.39. The Kier molecular flexibility index (Phi) is 24.2. The molecule has 0 radical (unpaired) electrons. The van der Waals surface area contributed by atoms with Crippen molar-refractivity contribution >= 4 is 58.5 Å². The standard InChI is InChI=1S/C25H26ClFN4O6.C22H20ClFN4O5.C3H8O2/c1-15(32)21-12-22(29-28-21)24(34)30-31(14-23(33)25(35)37-10-9-36-2)13-16-3-5-17(6-4-16)19-11-18(26)7-8-20(19)27;1-12(29)18-9-19(26-25-18)21(31)27-28(11-20(30)22(32)33)10-13-2-4-14(5-3-13)16-8-15(23)6-7-17(16)24;1-5-3-2-4/h3-8,11-12,23,33H,9-10,13-14H2,1-2H3,(H,28,29)(H,30,34);2-9,20,30H,10-11H2,1H3,(H,25,26)(H,27,31)(H,32,33);4H,2-3H2,1H3/t23-;20-;/m11./s1. The quantitative estimate of drug-likeness (QED) is 0.0180. The molecule has 0 fully saturated rings. The molecule has 6 aromatic rings. The van der Waals surface area contributed by atoms with Crippen molar-refractivity contribution < 1.29 is 72.2 Å². The number of Topliss-reactive ketones (excluding diaryl/α,β-unsaturated/α-hetero) is 2. The van der Waals surface area contributed by atoms with Crippen LogP contribution in [0.5, 0.6) is 0 Å². The minimum Gasteiger partial charge on any atom is -0.479 e. The maximum Gasteiger partial charge on any atom is 0.336 e. The van der Waals surface area contributed by atoms with Crippen molar-refractivity contribution in [3.63, 3.8) is 0 Å². The first kappa shape index (κ1) is 60.2. The number of aromatic amines is 2. The number of aromatic nitrogens is 4. The van der Waals surface area contributed by atoms with Crippen molar-refractivity contribution in [2.24, 2.45) is 0 Å². The van der Waals surface area contributed by atoms with Crippen LogP contribution in [-0.2, 0) is 36.9 Å². The number of carboxylic acid groups (broad SMARTS) is 1. The number of methoxy groups -OCH3 is 2. The highest BCUT2D eigenvalue weighted by Gasteiger charge is 2.25. The maximum absolute atomic E-state index is 14.2. The van der Waals surface area contributed by atoms with Gasteiger partial charge in [0, 0.05) is 62.3 Å². The number of carbonyl (C=O) groups excluding carboxylic acids is 5. The fourth-order valence-electron chi connectivity index (χ4n) is 6.38. The van der Waals surface area contributed by atoms with Gasteiger partial charge in [0.15, 0.2) is 23.8 Å². The first-order valence-electron chi connectivity index (χ1n) is 22.4. The Morgan fingerprint density at radius 2 is 1.04 bits per heavy atom. The number of esters is 1. The Balaban J connectivity index is 0.000000299. The number of halogens is 4. The monoisotopic (exact) mass is 1080 g/mol. The summed E-state index contributed by atoms with van der Waals surface area (Å²) in [6, 6.07) is 24.5. The molecule has 75 heavy (non-hydrogen) atoms. The van der Waals surface area contributed by atoms with E-state index in [-0.39, 0.29) is 73.8 Å². The van der Waals surface area contributed by atoms with Gasteiger partial charge in [0.2, 0.25) is 0 Å². The Morgan fingerprint density at radius 1 is 0.627 bits per heavy atom. The molecule has 0 unspecified atom stereocenters. The summed E-state index contributed by atoms with van der Waals surface area (Å²) in [5, 5.41) is 52.8. The second-order valence-corrected chi connectivity index (χ2v) is 16.9. The van der Waals surface area contributed by atoms with Crippen LogP contribution in [-0.4, -0.2) is 152 Å². The third kappa shape index (κ3) is 19.5. The lowest BCUT2D eigenvalue weighted by atomic mass is 10.0. The van der Waals surface area contributed by atoms with E-state index in [0.29, 0.717) is 50.0 Å². The zero-order valence-corrected chi connectivity index (χ0v) is 42.3. The minimum absolute atomic E-state index is 0.0122. The molecule has 0 saturated heterocycles. The van der Waals surface area contributed by atoms with Gasteiger partial charge in [0.25, 0.3) is 11.8 Å². The molecule has 0 bridgehead atoms. The Bertz CT molecular complexity index is 2870. The number of ether oxygens (including phenoxy) is 3. The topological polar surface area (TPSA) is 299 Å². The molecule has 4 aromatic carbocycles. The molecule has 0 spiro atoms. The predicted octanol–water partition coefficient (Wildman–Crippen LogP) is 5.06. The van der Waals surface area contributed by atoms with Gasteiger partial charge in [-0.2, -0.15) is 10.2 Å². The van der Waals surface area contributed by atoms with E-state index in [1.54, 1.807) is 55.6 Å². The maximum atomic E-state index is 14.2. The van der Waals surface area contributed by atoms with Crippen LogP contribution in [0.1, 0.15) is 66.9 Å². The van der Waals surface area contributed by atoms with E-state index in [0.717, 1.165) is 0 Å². The van der Waals surface area contributed by atoms with Gasteiger partial charge in [-0.1, -0.05) is 71.7 Å². The number of nitrogens with one attached hydrogen (secondary N) is 4. The molecule has 8 N–H and O–H groups in total. The van der Waals surface area contributed by atoms with Crippen molar-refractivity contribution in [2.75, 3.05) is 53.7 Å². The molecule has 2 heterocycles. The molecule has 6 rings (SSSR count). The van der Waals surface area contributed by atoms with Crippen molar-refractivity contribution in [3.05, 3.63) is 153 Å². The average molecular weight is 1080 g/mol. The van der Waals surface area contributed by atoms with Gasteiger partial charge in [0.1, 0.15) is 41.0 Å². The number of ketones is 2. The number of amides is 2. The van der Waals surface area contributed by atoms with Crippen LogP contribution in [0.2, 0.25) is 10.0 Å². The van der Waals surface area contributed by atoms with Crippen LogP contribution in [0.25, 0.3) is 22.3 Å². The fraction of sp³-hybridized carbons (Fsp3) is 0.280. The number of carboxylic acids is 1. The van der Waals surface area contributed by atoms with Gasteiger partial charge in [-0.05, 0) is 70.8 Å². The van der Waals surface area contributed by atoms with Crippen LogP contribution in [0, 0.1) is 11.6 Å². The van der Waals surface area contributed by atoms with E-state index in [2.05, 4.69) is 36.0 Å². The molecule has 2 atom stereocenters. The van der Waals surface area contributed by atoms with Gasteiger partial charge >= 0.3 is 11.9 Å². The third-order valence-corrected chi connectivity index (χ3v) is 10.7. The smallest absolute Gasteiger partial charge is 0.336 e. The van der Waals surface area contributed by atoms with Crippen molar-refractivity contribution in [1.29, 1.82) is 0 Å². The number of aliphatic hydroxyl groups is 3. The lowest BCUT2D eigenvalue weighted by Gasteiger charge is -2.25. The number of aliphatic hydroxyl groups excluding tert-OH is 3. The second kappa shape index (κ2) is 30.1. The zero-order chi connectivity index (χ0) is 55.2. The Labute approximate surface area is 438 Å². The molecule has 400 valence electrons.